The van der Waals surface area contributed by atoms with Crippen LogP contribution in [0.2, 0.25) is 0 Å². The van der Waals surface area contributed by atoms with E-state index in [0.717, 1.165) is 25.5 Å². The fourth-order valence-corrected chi connectivity index (χ4v) is 2.26. The SMILES string of the molecule is CN=C(NC1CCN(c2ncccc2F)C1)N(C)C.I. The fourth-order valence-electron chi connectivity index (χ4n) is 2.26. The number of rotatable bonds is 2. The van der Waals surface area contributed by atoms with Crippen molar-refractivity contribution in [2.45, 2.75) is 12.5 Å². The summed E-state index contributed by atoms with van der Waals surface area (Å²) in [5.74, 6) is 1.01. The van der Waals surface area contributed by atoms with Gasteiger partial charge in [0.25, 0.3) is 0 Å². The number of halogens is 2. The third kappa shape index (κ3) is 3.94. The van der Waals surface area contributed by atoms with E-state index in [9.17, 15) is 4.39 Å². The standard InChI is InChI=1S/C13H20FN5.HI/c1-15-13(18(2)3)17-10-6-8-19(9-10)12-11(14)5-4-7-16-12;/h4-5,7,10H,6,8-9H2,1-3H3,(H,15,17);1H. The number of nitrogens with one attached hydrogen (secondary N) is 1. The van der Waals surface area contributed by atoms with Crippen molar-refractivity contribution in [2.75, 3.05) is 39.1 Å². The van der Waals surface area contributed by atoms with E-state index in [1.54, 1.807) is 19.3 Å². The number of hydrogen-bond donors (Lipinski definition) is 1. The molecule has 1 aliphatic heterocycles. The second kappa shape index (κ2) is 7.61. The monoisotopic (exact) mass is 393 g/mol. The van der Waals surface area contributed by atoms with Crippen LogP contribution in [0.4, 0.5) is 10.2 Å². The van der Waals surface area contributed by atoms with Crippen molar-refractivity contribution in [3.8, 4) is 0 Å². The molecule has 1 N–H and O–H groups in total. The molecular weight excluding hydrogens is 372 g/mol. The number of aromatic nitrogens is 1. The van der Waals surface area contributed by atoms with Gasteiger partial charge in [0.15, 0.2) is 17.6 Å². The van der Waals surface area contributed by atoms with Gasteiger partial charge in [0.05, 0.1) is 0 Å². The zero-order valence-electron chi connectivity index (χ0n) is 12.0. The lowest BCUT2D eigenvalue weighted by Gasteiger charge is -2.22. The molecule has 0 spiro atoms. The molecule has 2 heterocycles. The molecule has 5 nitrogen and oxygen atoms in total. The van der Waals surface area contributed by atoms with Crippen LogP contribution < -0.4 is 10.2 Å². The van der Waals surface area contributed by atoms with Crippen LogP contribution >= 0.6 is 24.0 Å². The van der Waals surface area contributed by atoms with Gasteiger partial charge < -0.3 is 15.1 Å². The van der Waals surface area contributed by atoms with Gasteiger partial charge in [-0.15, -0.1) is 24.0 Å². The van der Waals surface area contributed by atoms with Crippen molar-refractivity contribution >= 4 is 35.8 Å². The molecule has 0 aromatic carbocycles. The van der Waals surface area contributed by atoms with Gasteiger partial charge in [0.1, 0.15) is 0 Å². The van der Waals surface area contributed by atoms with Crippen molar-refractivity contribution < 1.29 is 4.39 Å². The highest BCUT2D eigenvalue weighted by Crippen LogP contribution is 2.20. The molecular formula is C13H21FIN5. The molecule has 0 radical (unpaired) electrons. The molecule has 0 aliphatic carbocycles. The molecule has 1 unspecified atom stereocenters. The van der Waals surface area contributed by atoms with Crippen molar-refractivity contribution in [1.82, 2.24) is 15.2 Å². The lowest BCUT2D eigenvalue weighted by Crippen LogP contribution is -2.44. The first-order chi connectivity index (χ1) is 9.11. The van der Waals surface area contributed by atoms with Gasteiger partial charge in [-0.25, -0.2) is 9.37 Å². The zero-order chi connectivity index (χ0) is 13.8. The first-order valence-corrected chi connectivity index (χ1v) is 6.38. The maximum Gasteiger partial charge on any atom is 0.193 e. The number of aliphatic imine (C=N–C) groups is 1. The van der Waals surface area contributed by atoms with Gasteiger partial charge >= 0.3 is 0 Å². The summed E-state index contributed by atoms with van der Waals surface area (Å²) in [5.41, 5.74) is 0. The van der Waals surface area contributed by atoms with Crippen LogP contribution in [0.25, 0.3) is 0 Å². The van der Waals surface area contributed by atoms with Crippen molar-refractivity contribution in [3.63, 3.8) is 0 Å². The Kier molecular flexibility index (Phi) is 6.44. The molecule has 1 saturated heterocycles. The van der Waals surface area contributed by atoms with E-state index >= 15 is 0 Å². The van der Waals surface area contributed by atoms with Gasteiger partial charge in [-0.2, -0.15) is 0 Å². The van der Waals surface area contributed by atoms with E-state index in [2.05, 4.69) is 15.3 Å². The van der Waals surface area contributed by atoms with Crippen LogP contribution in [0.3, 0.4) is 0 Å². The summed E-state index contributed by atoms with van der Waals surface area (Å²) in [6.07, 6.45) is 2.57. The Morgan fingerprint density at radius 1 is 1.55 bits per heavy atom. The van der Waals surface area contributed by atoms with E-state index in [-0.39, 0.29) is 35.8 Å². The Labute approximate surface area is 136 Å². The highest BCUT2D eigenvalue weighted by Gasteiger charge is 2.26. The van der Waals surface area contributed by atoms with E-state index < -0.39 is 0 Å². The second-order valence-corrected chi connectivity index (χ2v) is 4.83. The molecule has 0 amide bonds. The van der Waals surface area contributed by atoms with E-state index in [0.29, 0.717) is 5.82 Å². The third-order valence-corrected chi connectivity index (χ3v) is 3.20. The van der Waals surface area contributed by atoms with Gasteiger partial charge in [0, 0.05) is 46.5 Å². The van der Waals surface area contributed by atoms with E-state index in [1.807, 2.05) is 23.9 Å². The predicted octanol–water partition coefficient (Wildman–Crippen LogP) is 1.55. The second-order valence-electron chi connectivity index (χ2n) is 4.83. The lowest BCUT2D eigenvalue weighted by molar-refractivity contribution is 0.548. The summed E-state index contributed by atoms with van der Waals surface area (Å²) >= 11 is 0. The van der Waals surface area contributed by atoms with Crippen LogP contribution in [0.15, 0.2) is 23.3 Å². The van der Waals surface area contributed by atoms with Crippen LogP contribution in [0.5, 0.6) is 0 Å². The summed E-state index contributed by atoms with van der Waals surface area (Å²) in [4.78, 5) is 12.2. The topological polar surface area (TPSA) is 43.8 Å². The van der Waals surface area contributed by atoms with Crippen molar-refractivity contribution in [2.24, 2.45) is 4.99 Å². The van der Waals surface area contributed by atoms with Gasteiger partial charge in [-0.05, 0) is 18.6 Å². The summed E-state index contributed by atoms with van der Waals surface area (Å²) in [5, 5.41) is 3.37. The van der Waals surface area contributed by atoms with E-state index in [4.69, 9.17) is 0 Å². The molecule has 2 rings (SSSR count). The number of nitrogens with zero attached hydrogens (tertiary/aromatic N) is 4. The predicted molar refractivity (Wildman–Crippen MR) is 90.4 cm³/mol. The number of pyridine rings is 1. The first-order valence-electron chi connectivity index (χ1n) is 6.38. The Balaban J connectivity index is 0.00000200. The minimum Gasteiger partial charge on any atom is -0.352 e. The summed E-state index contributed by atoms with van der Waals surface area (Å²) in [6, 6.07) is 3.32. The maximum absolute atomic E-state index is 13.7. The zero-order valence-corrected chi connectivity index (χ0v) is 14.3. The van der Waals surface area contributed by atoms with E-state index in [1.165, 1.54) is 6.07 Å². The number of hydrogen-bond acceptors (Lipinski definition) is 3. The maximum atomic E-state index is 13.7. The Morgan fingerprint density at radius 3 is 2.90 bits per heavy atom. The molecule has 0 bridgehead atoms. The first kappa shape index (κ1) is 16.9. The minimum absolute atomic E-state index is 0. The highest BCUT2D eigenvalue weighted by molar-refractivity contribution is 14.0. The summed E-state index contributed by atoms with van der Waals surface area (Å²) in [6.45, 7) is 1.54. The molecule has 1 aromatic rings. The summed E-state index contributed by atoms with van der Waals surface area (Å²) in [7, 11) is 5.65. The molecule has 0 saturated carbocycles. The molecule has 1 aliphatic rings. The molecule has 1 fully saturated rings. The molecule has 1 aromatic heterocycles. The largest absolute Gasteiger partial charge is 0.352 e. The van der Waals surface area contributed by atoms with Gasteiger partial charge in [0.2, 0.25) is 0 Å². The smallest absolute Gasteiger partial charge is 0.193 e. The molecule has 7 heteroatoms. The Bertz CT molecular complexity index is 466. The molecule has 112 valence electrons. The third-order valence-electron chi connectivity index (χ3n) is 3.20. The molecule has 20 heavy (non-hydrogen) atoms. The average molecular weight is 393 g/mol. The van der Waals surface area contributed by atoms with Crippen LogP contribution in [0.1, 0.15) is 6.42 Å². The van der Waals surface area contributed by atoms with Crippen molar-refractivity contribution in [1.29, 1.82) is 0 Å². The Morgan fingerprint density at radius 2 is 2.30 bits per heavy atom. The number of anilines is 1. The normalized spacial score (nSPS) is 18.7. The Hall–Kier alpha value is -1.12. The lowest BCUT2D eigenvalue weighted by atomic mass is 10.3. The quantitative estimate of drug-likeness (QED) is 0.471. The van der Waals surface area contributed by atoms with Crippen molar-refractivity contribution in [3.05, 3.63) is 24.1 Å². The van der Waals surface area contributed by atoms with Crippen LogP contribution in [0, 0.1) is 5.82 Å². The fraction of sp³-hybridized carbons (Fsp3) is 0.538. The molecule has 1 atom stereocenters. The van der Waals surface area contributed by atoms with Crippen LogP contribution in [-0.4, -0.2) is 56.1 Å². The average Bonchev–Trinajstić information content (AvgIpc) is 2.84. The van der Waals surface area contributed by atoms with Crippen LogP contribution in [-0.2, 0) is 0 Å². The van der Waals surface area contributed by atoms with Gasteiger partial charge in [-0.3, -0.25) is 4.99 Å². The van der Waals surface area contributed by atoms with Gasteiger partial charge in [-0.1, -0.05) is 0 Å². The number of guanidine groups is 1. The minimum atomic E-state index is -0.264. The summed E-state index contributed by atoms with van der Waals surface area (Å²) < 4.78 is 13.7. The highest BCUT2D eigenvalue weighted by atomic mass is 127.